The van der Waals surface area contributed by atoms with Gasteiger partial charge < -0.3 is 15.1 Å². The Hall–Kier alpha value is -2.77. The summed E-state index contributed by atoms with van der Waals surface area (Å²) in [5.74, 6) is -0.746. The van der Waals surface area contributed by atoms with Gasteiger partial charge in [0.05, 0.1) is 18.4 Å². The van der Waals surface area contributed by atoms with E-state index in [4.69, 9.17) is 4.42 Å². The molecule has 0 aliphatic rings. The van der Waals surface area contributed by atoms with Gasteiger partial charge in [0.2, 0.25) is 11.8 Å². The molecule has 0 aliphatic heterocycles. The fourth-order valence-electron chi connectivity index (χ4n) is 1.79. The van der Waals surface area contributed by atoms with Crippen LogP contribution < -0.4 is 10.6 Å². The van der Waals surface area contributed by atoms with Crippen LogP contribution in [0, 0.1) is 0 Å². The summed E-state index contributed by atoms with van der Waals surface area (Å²) < 4.78 is 42.7. The number of carbonyl (C=O) groups excluding carboxylic acids is 2. The van der Waals surface area contributed by atoms with Crippen molar-refractivity contribution in [1.82, 2.24) is 5.32 Å². The summed E-state index contributed by atoms with van der Waals surface area (Å²) in [7, 11) is 0. The smallest absolute Gasteiger partial charge is 0.416 e. The van der Waals surface area contributed by atoms with Gasteiger partial charge in [-0.25, -0.2) is 0 Å². The van der Waals surface area contributed by atoms with Crippen LogP contribution in [0.25, 0.3) is 0 Å². The summed E-state index contributed by atoms with van der Waals surface area (Å²) >= 11 is 0. The number of nitrogens with one attached hydrogen (secondary N) is 2. The number of rotatable bonds is 5. The molecule has 0 radical (unpaired) electrons. The molecule has 0 spiro atoms. The van der Waals surface area contributed by atoms with Crippen LogP contribution in [0.5, 0.6) is 0 Å². The molecule has 1 aromatic heterocycles. The van der Waals surface area contributed by atoms with Gasteiger partial charge in [0.1, 0.15) is 12.2 Å². The van der Waals surface area contributed by atoms with Crippen LogP contribution >= 0.6 is 0 Å². The van der Waals surface area contributed by atoms with Gasteiger partial charge in [-0.05, 0) is 30.3 Å². The molecule has 8 heteroatoms. The van der Waals surface area contributed by atoms with E-state index in [1.54, 1.807) is 12.1 Å². The molecule has 0 aliphatic carbocycles. The van der Waals surface area contributed by atoms with Crippen LogP contribution in [0.4, 0.5) is 18.9 Å². The SMILES string of the molecule is O=C(CC(=O)Nc1cccc(C(F)(F)F)c1)NCc1ccco1. The number of hydrogen-bond donors (Lipinski definition) is 2. The van der Waals surface area contributed by atoms with Crippen molar-refractivity contribution in [1.29, 1.82) is 0 Å². The van der Waals surface area contributed by atoms with E-state index >= 15 is 0 Å². The molecule has 0 saturated heterocycles. The standard InChI is InChI=1S/C15H13F3N2O3/c16-15(17,18)10-3-1-4-11(7-10)20-14(22)8-13(21)19-9-12-5-2-6-23-12/h1-7H,8-9H2,(H,19,21)(H,20,22). The lowest BCUT2D eigenvalue weighted by molar-refractivity contribution is -0.137. The first kappa shape index (κ1) is 16.6. The average Bonchev–Trinajstić information content (AvgIpc) is 2.97. The molecule has 0 saturated carbocycles. The number of halogens is 3. The van der Waals surface area contributed by atoms with Crippen molar-refractivity contribution in [2.24, 2.45) is 0 Å². The van der Waals surface area contributed by atoms with E-state index < -0.39 is 30.0 Å². The summed E-state index contributed by atoms with van der Waals surface area (Å²) in [6, 6.07) is 7.50. The van der Waals surface area contributed by atoms with E-state index in [2.05, 4.69) is 10.6 Å². The van der Waals surface area contributed by atoms with Crippen molar-refractivity contribution in [3.8, 4) is 0 Å². The Kier molecular flexibility index (Phi) is 5.05. The van der Waals surface area contributed by atoms with Crippen molar-refractivity contribution >= 4 is 17.5 Å². The van der Waals surface area contributed by atoms with Gasteiger partial charge in [0.25, 0.3) is 0 Å². The third-order valence-corrected chi connectivity index (χ3v) is 2.83. The Morgan fingerprint density at radius 3 is 2.52 bits per heavy atom. The molecule has 1 heterocycles. The highest BCUT2D eigenvalue weighted by Gasteiger charge is 2.30. The van der Waals surface area contributed by atoms with Crippen molar-refractivity contribution in [3.63, 3.8) is 0 Å². The van der Waals surface area contributed by atoms with Gasteiger partial charge in [-0.3, -0.25) is 9.59 Å². The van der Waals surface area contributed by atoms with Crippen molar-refractivity contribution in [2.75, 3.05) is 5.32 Å². The number of carbonyl (C=O) groups is 2. The lowest BCUT2D eigenvalue weighted by Crippen LogP contribution is -2.27. The van der Waals surface area contributed by atoms with Crippen LogP contribution in [-0.4, -0.2) is 11.8 Å². The topological polar surface area (TPSA) is 71.3 Å². The molecule has 0 atom stereocenters. The van der Waals surface area contributed by atoms with Crippen molar-refractivity contribution < 1.29 is 27.2 Å². The van der Waals surface area contributed by atoms with Crippen LogP contribution in [0.1, 0.15) is 17.7 Å². The highest BCUT2D eigenvalue weighted by molar-refractivity contribution is 6.03. The normalized spacial score (nSPS) is 11.1. The number of hydrogen-bond acceptors (Lipinski definition) is 3. The first-order chi connectivity index (χ1) is 10.8. The monoisotopic (exact) mass is 326 g/mol. The molecule has 2 N–H and O–H groups in total. The Balaban J connectivity index is 1.85. The van der Waals surface area contributed by atoms with E-state index in [0.29, 0.717) is 5.76 Å². The summed E-state index contributed by atoms with van der Waals surface area (Å²) in [5.41, 5.74) is -0.902. The minimum atomic E-state index is -4.50. The highest BCUT2D eigenvalue weighted by Crippen LogP contribution is 2.30. The minimum absolute atomic E-state index is 0.0244. The Labute approximate surface area is 129 Å². The Bertz CT molecular complexity index is 682. The van der Waals surface area contributed by atoms with Gasteiger partial charge >= 0.3 is 6.18 Å². The van der Waals surface area contributed by atoms with E-state index in [-0.39, 0.29) is 12.2 Å². The largest absolute Gasteiger partial charge is 0.467 e. The molecule has 1 aromatic carbocycles. The maximum Gasteiger partial charge on any atom is 0.416 e. The van der Waals surface area contributed by atoms with Crippen molar-refractivity contribution in [3.05, 3.63) is 54.0 Å². The minimum Gasteiger partial charge on any atom is -0.467 e. The van der Waals surface area contributed by atoms with Crippen LogP contribution in [-0.2, 0) is 22.3 Å². The third kappa shape index (κ3) is 5.17. The van der Waals surface area contributed by atoms with Crippen LogP contribution in [0.2, 0.25) is 0 Å². The van der Waals surface area contributed by atoms with Gasteiger partial charge in [0, 0.05) is 5.69 Å². The first-order valence-electron chi connectivity index (χ1n) is 6.61. The molecule has 2 aromatic rings. The van der Waals surface area contributed by atoms with Gasteiger partial charge in [0.15, 0.2) is 0 Å². The number of furan rings is 1. The molecule has 0 fully saturated rings. The lowest BCUT2D eigenvalue weighted by atomic mass is 10.2. The quantitative estimate of drug-likeness (QED) is 0.830. The fourth-order valence-corrected chi connectivity index (χ4v) is 1.79. The first-order valence-corrected chi connectivity index (χ1v) is 6.61. The summed E-state index contributed by atoms with van der Waals surface area (Å²) in [6.45, 7) is 0.128. The molecular weight excluding hydrogens is 313 g/mol. The van der Waals surface area contributed by atoms with Crippen LogP contribution in [0.3, 0.4) is 0 Å². The zero-order valence-corrected chi connectivity index (χ0v) is 11.8. The number of anilines is 1. The Morgan fingerprint density at radius 2 is 1.87 bits per heavy atom. The molecule has 0 unspecified atom stereocenters. The van der Waals surface area contributed by atoms with E-state index in [9.17, 15) is 22.8 Å². The summed E-state index contributed by atoms with van der Waals surface area (Å²) in [6.07, 6.45) is -3.56. The molecule has 23 heavy (non-hydrogen) atoms. The van der Waals surface area contributed by atoms with Crippen LogP contribution in [0.15, 0.2) is 47.1 Å². The third-order valence-electron chi connectivity index (χ3n) is 2.83. The van der Waals surface area contributed by atoms with E-state index in [0.717, 1.165) is 12.1 Å². The second kappa shape index (κ2) is 6.99. The number of benzene rings is 1. The Morgan fingerprint density at radius 1 is 1.09 bits per heavy atom. The predicted octanol–water partition coefficient (Wildman–Crippen LogP) is 2.94. The zero-order chi connectivity index (χ0) is 16.9. The molecule has 2 rings (SSSR count). The second-order valence-electron chi connectivity index (χ2n) is 4.66. The summed E-state index contributed by atoms with van der Waals surface area (Å²) in [5, 5.41) is 4.72. The highest BCUT2D eigenvalue weighted by atomic mass is 19.4. The molecule has 0 bridgehead atoms. The maximum absolute atomic E-state index is 12.6. The number of alkyl halides is 3. The average molecular weight is 326 g/mol. The number of amides is 2. The maximum atomic E-state index is 12.6. The van der Waals surface area contributed by atoms with Crippen molar-refractivity contribution in [2.45, 2.75) is 19.1 Å². The van der Waals surface area contributed by atoms with Gasteiger partial charge in [-0.15, -0.1) is 0 Å². The molecular formula is C15H13F3N2O3. The fraction of sp³-hybridized carbons (Fsp3) is 0.200. The van der Waals surface area contributed by atoms with E-state index in [1.165, 1.54) is 18.4 Å². The second-order valence-corrected chi connectivity index (χ2v) is 4.66. The van der Waals surface area contributed by atoms with E-state index in [1.807, 2.05) is 0 Å². The molecule has 5 nitrogen and oxygen atoms in total. The van der Waals surface area contributed by atoms with Gasteiger partial charge in [-0.1, -0.05) is 6.07 Å². The zero-order valence-electron chi connectivity index (χ0n) is 11.8. The lowest BCUT2D eigenvalue weighted by Gasteiger charge is -2.10. The summed E-state index contributed by atoms with van der Waals surface area (Å²) in [4.78, 5) is 23.2. The molecule has 122 valence electrons. The van der Waals surface area contributed by atoms with Gasteiger partial charge in [-0.2, -0.15) is 13.2 Å². The molecule has 2 amide bonds. The predicted molar refractivity (Wildman–Crippen MR) is 75.2 cm³/mol.